The lowest BCUT2D eigenvalue weighted by atomic mass is 9.82. The van der Waals surface area contributed by atoms with Gasteiger partial charge in [-0.25, -0.2) is 29.1 Å². The molecule has 2 bridgehead atoms. The third kappa shape index (κ3) is 5.54. The summed E-state index contributed by atoms with van der Waals surface area (Å²) in [6.07, 6.45) is 7.18. The number of aromatic nitrogens is 2. The largest absolute Gasteiger partial charge is 0.474 e. The van der Waals surface area contributed by atoms with Gasteiger partial charge in [0.25, 0.3) is 0 Å². The number of carbonyl (C=O) groups is 1. The van der Waals surface area contributed by atoms with E-state index in [0.29, 0.717) is 43.2 Å². The van der Waals surface area contributed by atoms with Gasteiger partial charge < -0.3 is 24.7 Å². The molecule has 2 N–H and O–H groups in total. The third-order valence-corrected chi connectivity index (χ3v) is 7.18. The number of amides is 1. The van der Waals surface area contributed by atoms with Crippen molar-refractivity contribution in [3.63, 3.8) is 0 Å². The van der Waals surface area contributed by atoms with Gasteiger partial charge >= 0.3 is 6.09 Å². The van der Waals surface area contributed by atoms with Crippen molar-refractivity contribution in [1.82, 2.24) is 14.9 Å². The molecule has 1 aromatic heterocycles. The second-order valence-electron chi connectivity index (χ2n) is 10.0. The second-order valence-corrected chi connectivity index (χ2v) is 10.0. The predicted molar refractivity (Wildman–Crippen MR) is 137 cm³/mol. The zero-order chi connectivity index (χ0) is 26.7. The van der Waals surface area contributed by atoms with Gasteiger partial charge in [-0.3, -0.25) is 4.90 Å². The Morgan fingerprint density at radius 3 is 2.63 bits per heavy atom. The minimum absolute atomic E-state index is 0.0160. The lowest BCUT2D eigenvalue weighted by Crippen LogP contribution is -2.62. The summed E-state index contributed by atoms with van der Waals surface area (Å²) < 4.78 is 38.2. The molecule has 2 atom stereocenters. The van der Waals surface area contributed by atoms with Crippen LogP contribution in [0.3, 0.4) is 0 Å². The minimum Gasteiger partial charge on any atom is -0.474 e. The van der Waals surface area contributed by atoms with Crippen molar-refractivity contribution in [2.24, 2.45) is 15.7 Å². The normalized spacial score (nSPS) is 24.3. The van der Waals surface area contributed by atoms with E-state index in [4.69, 9.17) is 24.7 Å². The predicted octanol–water partition coefficient (Wildman–Crippen LogP) is 4.05. The highest BCUT2D eigenvalue weighted by Gasteiger charge is 2.46. The monoisotopic (exact) mass is 526 g/mol. The Balaban J connectivity index is 1.25. The van der Waals surface area contributed by atoms with Gasteiger partial charge in [-0.1, -0.05) is 0 Å². The van der Waals surface area contributed by atoms with E-state index in [2.05, 4.69) is 20.0 Å². The van der Waals surface area contributed by atoms with E-state index in [0.717, 1.165) is 25.6 Å². The number of halogens is 1. The summed E-state index contributed by atoms with van der Waals surface area (Å²) in [5, 5.41) is 0. The molecule has 2 saturated heterocycles. The van der Waals surface area contributed by atoms with Crippen LogP contribution < -0.4 is 15.2 Å². The van der Waals surface area contributed by atoms with E-state index >= 15 is 0 Å². The fraction of sp³-hybridized carbons (Fsp3) is 0.500. The smallest absolute Gasteiger partial charge is 0.410 e. The lowest BCUT2D eigenvalue weighted by molar-refractivity contribution is -0.114. The van der Waals surface area contributed by atoms with E-state index in [1.807, 2.05) is 11.8 Å². The molecule has 2 unspecified atom stereocenters. The summed E-state index contributed by atoms with van der Waals surface area (Å²) in [7, 11) is 0. The highest BCUT2D eigenvalue weighted by molar-refractivity contribution is 5.72. The molecule has 2 aromatic rings. The molecule has 3 aliphatic rings. The topological polar surface area (TPSA) is 134 Å². The molecule has 3 fully saturated rings. The average Bonchev–Trinajstić information content (AvgIpc) is 2.86. The molecule has 1 amide bonds. The van der Waals surface area contributed by atoms with Crippen LogP contribution in [-0.2, 0) is 9.47 Å². The molecule has 1 aromatic carbocycles. The number of nitrogens with two attached hydrogens (primary N) is 1. The maximum absolute atomic E-state index is 14.6. The number of benzene rings is 1. The van der Waals surface area contributed by atoms with Gasteiger partial charge in [-0.15, -0.1) is 0 Å². The highest BCUT2D eigenvalue weighted by atomic mass is 19.1. The summed E-state index contributed by atoms with van der Waals surface area (Å²) in [4.78, 5) is 30.9. The number of fused-ring (bicyclic) bond motifs is 2. The summed E-state index contributed by atoms with van der Waals surface area (Å²) >= 11 is 0. The molecule has 11 nitrogen and oxygen atoms in total. The van der Waals surface area contributed by atoms with Gasteiger partial charge in [0.15, 0.2) is 11.6 Å². The van der Waals surface area contributed by atoms with Gasteiger partial charge in [0.05, 0.1) is 42.9 Å². The highest BCUT2D eigenvalue weighted by Crippen LogP contribution is 2.38. The van der Waals surface area contributed by atoms with Crippen LogP contribution in [0.15, 0.2) is 34.5 Å². The standard InChI is InChI=1S/C26H31FN6O5/c1-16-23(31-15-32-24(16)37-22-5-4-17(8-21(22)27)30-14-29-13-28)36-20-9-18-11-35-12-19(10-20)33(18)25(34)38-26(2)6-3-7-26/h4-5,8,13-15,18-20H,3,6-7,9-12H2,1-2H3,(H2,28,29,30). The van der Waals surface area contributed by atoms with Gasteiger partial charge in [-0.2, -0.15) is 0 Å². The summed E-state index contributed by atoms with van der Waals surface area (Å²) in [6.45, 7) is 4.59. The molecule has 0 radical (unpaired) electrons. The van der Waals surface area contributed by atoms with E-state index < -0.39 is 5.82 Å². The van der Waals surface area contributed by atoms with Crippen LogP contribution >= 0.6 is 0 Å². The number of nitrogens with zero attached hydrogens (tertiary/aromatic N) is 5. The van der Waals surface area contributed by atoms with Crippen LogP contribution in [0.4, 0.5) is 14.9 Å². The number of morpholine rings is 1. The molecular weight excluding hydrogens is 495 g/mol. The SMILES string of the molecule is Cc1c(Oc2ccc(N=CN=CN)cc2F)ncnc1OC1CC2COCC(C1)N2C(=O)OC1(C)CCC1. The van der Waals surface area contributed by atoms with Gasteiger partial charge in [-0.05, 0) is 45.2 Å². The van der Waals surface area contributed by atoms with Crippen molar-refractivity contribution >= 4 is 24.5 Å². The fourth-order valence-corrected chi connectivity index (χ4v) is 4.99. The van der Waals surface area contributed by atoms with Crippen molar-refractivity contribution < 1.29 is 28.1 Å². The maximum atomic E-state index is 14.6. The second kappa shape index (κ2) is 10.9. The molecule has 1 saturated carbocycles. The molecule has 1 aliphatic carbocycles. The molecule has 202 valence electrons. The van der Waals surface area contributed by atoms with Crippen molar-refractivity contribution in [3.8, 4) is 17.5 Å². The molecular formula is C26H31FN6O5. The van der Waals surface area contributed by atoms with Crippen LogP contribution in [0.5, 0.6) is 17.5 Å². The number of aliphatic imine (C=N–C) groups is 2. The number of hydrogen-bond donors (Lipinski definition) is 1. The quantitative estimate of drug-likeness (QED) is 0.422. The average molecular weight is 527 g/mol. The lowest BCUT2D eigenvalue weighted by Gasteiger charge is -2.49. The number of rotatable bonds is 7. The fourth-order valence-electron chi connectivity index (χ4n) is 4.99. The van der Waals surface area contributed by atoms with Crippen LogP contribution in [0.1, 0.15) is 44.6 Å². The Bertz CT molecular complexity index is 1220. The zero-order valence-electron chi connectivity index (χ0n) is 21.4. The first-order valence-electron chi connectivity index (χ1n) is 12.7. The van der Waals surface area contributed by atoms with Gasteiger partial charge in [0.1, 0.15) is 24.4 Å². The Kier molecular flexibility index (Phi) is 7.41. The molecule has 38 heavy (non-hydrogen) atoms. The van der Waals surface area contributed by atoms with Crippen LogP contribution in [-0.4, -0.2) is 70.6 Å². The van der Waals surface area contributed by atoms with E-state index in [9.17, 15) is 9.18 Å². The maximum Gasteiger partial charge on any atom is 0.410 e. The molecule has 0 spiro atoms. The van der Waals surface area contributed by atoms with Crippen LogP contribution in [0.25, 0.3) is 0 Å². The van der Waals surface area contributed by atoms with E-state index in [1.165, 1.54) is 24.8 Å². The Morgan fingerprint density at radius 1 is 1.24 bits per heavy atom. The van der Waals surface area contributed by atoms with Gasteiger partial charge in [0, 0.05) is 18.9 Å². The van der Waals surface area contributed by atoms with Crippen LogP contribution in [0.2, 0.25) is 0 Å². The third-order valence-electron chi connectivity index (χ3n) is 7.18. The first-order valence-corrected chi connectivity index (χ1v) is 12.7. The van der Waals surface area contributed by atoms with E-state index in [1.54, 1.807) is 13.0 Å². The van der Waals surface area contributed by atoms with Crippen LogP contribution in [0, 0.1) is 12.7 Å². The summed E-state index contributed by atoms with van der Waals surface area (Å²) in [5.74, 6) is -0.105. The van der Waals surface area contributed by atoms with Crippen molar-refractivity contribution in [3.05, 3.63) is 35.9 Å². The number of piperidine rings is 1. The first kappa shape index (κ1) is 25.8. The minimum atomic E-state index is -0.611. The van der Waals surface area contributed by atoms with Crippen molar-refractivity contribution in [1.29, 1.82) is 0 Å². The number of carbonyl (C=O) groups excluding carboxylic acids is 1. The molecule has 5 rings (SSSR count). The first-order chi connectivity index (χ1) is 18.3. The Hall–Kier alpha value is -3.80. The number of ether oxygens (including phenoxy) is 4. The van der Waals surface area contributed by atoms with Crippen molar-refractivity contribution in [2.75, 3.05) is 13.2 Å². The van der Waals surface area contributed by atoms with E-state index in [-0.39, 0.29) is 41.5 Å². The summed E-state index contributed by atoms with van der Waals surface area (Å²) in [6, 6.07) is 3.96. The Morgan fingerprint density at radius 2 is 1.97 bits per heavy atom. The Labute approximate surface area is 219 Å². The zero-order valence-corrected chi connectivity index (χ0v) is 21.4. The molecule has 2 aliphatic heterocycles. The molecule has 3 heterocycles. The van der Waals surface area contributed by atoms with Gasteiger partial charge in [0.2, 0.25) is 11.8 Å². The molecule has 12 heteroatoms. The number of hydrogen-bond acceptors (Lipinski definition) is 8. The summed E-state index contributed by atoms with van der Waals surface area (Å²) in [5.41, 5.74) is 5.69. The van der Waals surface area contributed by atoms with Crippen molar-refractivity contribution in [2.45, 2.75) is 69.7 Å².